The fourth-order valence-electron chi connectivity index (χ4n) is 3.74. The fraction of sp³-hybridized carbons (Fsp3) is 0.130. The van der Waals surface area contributed by atoms with Crippen LogP contribution in [0.5, 0.6) is 5.75 Å². The summed E-state index contributed by atoms with van der Waals surface area (Å²) >= 11 is 0. The molecule has 1 aliphatic heterocycles. The Hall–Kier alpha value is -4.40. The van der Waals surface area contributed by atoms with Gasteiger partial charge in [0.05, 0.1) is 23.8 Å². The van der Waals surface area contributed by atoms with Crippen LogP contribution in [0.4, 0.5) is 11.4 Å². The lowest BCUT2D eigenvalue weighted by atomic mass is 10.1. The molecule has 4 rings (SSSR count). The zero-order valence-electron chi connectivity index (χ0n) is 17.7. The van der Waals surface area contributed by atoms with Gasteiger partial charge < -0.3 is 9.30 Å². The maximum atomic E-state index is 12.9. The number of nitrogens with one attached hydrogen (secondary N) is 1. The van der Waals surface area contributed by atoms with E-state index in [4.69, 9.17) is 4.74 Å². The molecular weight excluding hydrogens is 412 g/mol. The number of aryl methyl sites for hydroxylation is 1. The van der Waals surface area contributed by atoms with Crippen molar-refractivity contribution in [3.63, 3.8) is 0 Å². The van der Waals surface area contributed by atoms with Crippen LogP contribution in [0.1, 0.15) is 17.0 Å². The highest BCUT2D eigenvalue weighted by molar-refractivity contribution is 6.31. The minimum absolute atomic E-state index is 0.0154. The van der Waals surface area contributed by atoms with Crippen LogP contribution in [0.3, 0.4) is 0 Å². The van der Waals surface area contributed by atoms with Gasteiger partial charge in [-0.25, -0.2) is 5.01 Å². The fourth-order valence-corrected chi connectivity index (χ4v) is 3.74. The Kier molecular flexibility index (Phi) is 5.23. The lowest BCUT2D eigenvalue weighted by Crippen LogP contribution is -2.35. The summed E-state index contributed by atoms with van der Waals surface area (Å²) in [5, 5.41) is 12.8. The molecular formula is C23H20N4O5. The van der Waals surface area contributed by atoms with Crippen LogP contribution in [0.15, 0.2) is 60.2 Å². The Morgan fingerprint density at radius 2 is 1.78 bits per heavy atom. The number of methoxy groups -OCH3 is 1. The molecule has 1 N–H and O–H groups in total. The van der Waals surface area contributed by atoms with Crippen LogP contribution in [-0.4, -0.2) is 28.4 Å². The first-order chi connectivity index (χ1) is 15.3. The van der Waals surface area contributed by atoms with Crippen molar-refractivity contribution in [2.24, 2.45) is 0 Å². The molecule has 1 saturated heterocycles. The largest absolute Gasteiger partial charge is 0.496 e. The maximum Gasteiger partial charge on any atom is 0.296 e. The number of ether oxygens (including phenoxy) is 1. The molecule has 0 aliphatic carbocycles. The van der Waals surface area contributed by atoms with Crippen molar-refractivity contribution < 1.29 is 19.2 Å². The molecule has 162 valence electrons. The number of anilines is 1. The van der Waals surface area contributed by atoms with Gasteiger partial charge in [-0.3, -0.25) is 25.1 Å². The summed E-state index contributed by atoms with van der Waals surface area (Å²) in [5.74, 6) is -0.611. The number of amides is 2. The molecule has 1 fully saturated rings. The number of nitrogens with zero attached hydrogens (tertiary/aromatic N) is 3. The average Bonchev–Trinajstić information content (AvgIpc) is 3.23. The molecule has 0 radical (unpaired) electrons. The Balaban J connectivity index is 1.76. The first-order valence-electron chi connectivity index (χ1n) is 9.75. The SMILES string of the molecule is COc1ccc(-n2c(C)cc(C=C3C(=O)NN(c4ccccc4)C3=O)c2C)c([N+](=O)[O-])c1. The van der Waals surface area contributed by atoms with Crippen molar-refractivity contribution in [3.05, 3.63) is 87.2 Å². The molecule has 9 nitrogen and oxygen atoms in total. The van der Waals surface area contributed by atoms with Gasteiger partial charge in [-0.2, -0.15) is 0 Å². The summed E-state index contributed by atoms with van der Waals surface area (Å²) in [6, 6.07) is 15.2. The van der Waals surface area contributed by atoms with Crippen LogP contribution in [0.25, 0.3) is 11.8 Å². The maximum absolute atomic E-state index is 12.9. The first-order valence-corrected chi connectivity index (χ1v) is 9.75. The summed E-state index contributed by atoms with van der Waals surface area (Å²) < 4.78 is 6.83. The Morgan fingerprint density at radius 3 is 2.44 bits per heavy atom. The van der Waals surface area contributed by atoms with Crippen LogP contribution in [-0.2, 0) is 9.59 Å². The molecule has 0 unspecified atom stereocenters. The highest BCUT2D eigenvalue weighted by atomic mass is 16.6. The van der Waals surface area contributed by atoms with Gasteiger partial charge in [0.25, 0.3) is 17.5 Å². The number of carbonyl (C=O) groups excluding carboxylic acids is 2. The van der Waals surface area contributed by atoms with E-state index in [1.165, 1.54) is 24.3 Å². The predicted molar refractivity (Wildman–Crippen MR) is 118 cm³/mol. The van der Waals surface area contributed by atoms with Gasteiger partial charge in [0, 0.05) is 11.4 Å². The Labute approximate surface area is 183 Å². The first kappa shape index (κ1) is 20.9. The molecule has 0 saturated carbocycles. The van der Waals surface area contributed by atoms with Crippen LogP contribution < -0.4 is 15.2 Å². The summed E-state index contributed by atoms with van der Waals surface area (Å²) in [5.41, 5.74) is 5.33. The number of benzene rings is 2. The highest BCUT2D eigenvalue weighted by Crippen LogP contribution is 2.32. The minimum Gasteiger partial charge on any atom is -0.496 e. The molecule has 32 heavy (non-hydrogen) atoms. The van der Waals surface area contributed by atoms with Gasteiger partial charge in [0.1, 0.15) is 17.0 Å². The monoisotopic (exact) mass is 432 g/mol. The van der Waals surface area contributed by atoms with E-state index in [0.29, 0.717) is 34.1 Å². The Bertz CT molecular complexity index is 1280. The topological polar surface area (TPSA) is 107 Å². The van der Waals surface area contributed by atoms with Crippen molar-refractivity contribution in [3.8, 4) is 11.4 Å². The number of hydrazine groups is 1. The Morgan fingerprint density at radius 1 is 1.06 bits per heavy atom. The second-order valence-corrected chi connectivity index (χ2v) is 7.25. The van der Waals surface area contributed by atoms with E-state index in [1.807, 2.05) is 6.07 Å². The second kappa shape index (κ2) is 8.03. The zero-order valence-corrected chi connectivity index (χ0v) is 17.7. The molecule has 0 spiro atoms. The van der Waals surface area contributed by atoms with E-state index in [0.717, 1.165) is 0 Å². The second-order valence-electron chi connectivity index (χ2n) is 7.25. The molecule has 3 aromatic rings. The standard InChI is InChI=1S/C23H20N4O5/c1-14-11-16(12-19-22(28)24-26(23(19)29)17-7-5-4-6-8-17)15(2)25(14)20-10-9-18(32-3)13-21(20)27(30)31/h4-13H,1-3H3,(H,24,28). The number of hydrogen-bond acceptors (Lipinski definition) is 5. The van der Waals surface area contributed by atoms with Gasteiger partial charge >= 0.3 is 0 Å². The molecule has 2 amide bonds. The number of para-hydroxylation sites is 1. The van der Waals surface area contributed by atoms with E-state index in [1.54, 1.807) is 60.9 Å². The smallest absolute Gasteiger partial charge is 0.296 e. The van der Waals surface area contributed by atoms with Crippen LogP contribution in [0.2, 0.25) is 0 Å². The minimum atomic E-state index is -0.515. The van der Waals surface area contributed by atoms with Crippen molar-refractivity contribution >= 4 is 29.3 Å². The number of carbonyl (C=O) groups is 2. The van der Waals surface area contributed by atoms with Gasteiger partial charge in [-0.05, 0) is 55.8 Å². The van der Waals surface area contributed by atoms with E-state index in [2.05, 4.69) is 5.43 Å². The van der Waals surface area contributed by atoms with E-state index >= 15 is 0 Å². The number of rotatable bonds is 5. The van der Waals surface area contributed by atoms with Gasteiger partial charge in [-0.1, -0.05) is 18.2 Å². The van der Waals surface area contributed by atoms with Gasteiger partial charge in [-0.15, -0.1) is 0 Å². The summed E-state index contributed by atoms with van der Waals surface area (Å²) in [6.45, 7) is 3.58. The number of aromatic nitrogens is 1. The number of nitro benzene ring substituents is 1. The average molecular weight is 432 g/mol. The summed E-state index contributed by atoms with van der Waals surface area (Å²) in [6.07, 6.45) is 1.51. The van der Waals surface area contributed by atoms with Crippen molar-refractivity contribution in [1.82, 2.24) is 9.99 Å². The van der Waals surface area contributed by atoms with Crippen LogP contribution in [0, 0.1) is 24.0 Å². The van der Waals surface area contributed by atoms with Crippen molar-refractivity contribution in [2.75, 3.05) is 12.1 Å². The molecule has 2 heterocycles. The molecule has 1 aromatic heterocycles. The van der Waals surface area contributed by atoms with E-state index < -0.39 is 16.7 Å². The number of hydrogen-bond donors (Lipinski definition) is 1. The van der Waals surface area contributed by atoms with Gasteiger partial charge in [0.2, 0.25) is 0 Å². The lowest BCUT2D eigenvalue weighted by molar-refractivity contribution is -0.384. The zero-order chi connectivity index (χ0) is 23.0. The quantitative estimate of drug-likeness (QED) is 0.288. The molecule has 1 aliphatic rings. The molecule has 0 atom stereocenters. The normalized spacial score (nSPS) is 14.7. The highest BCUT2D eigenvalue weighted by Gasteiger charge is 2.34. The molecule has 0 bridgehead atoms. The van der Waals surface area contributed by atoms with Crippen LogP contribution >= 0.6 is 0 Å². The van der Waals surface area contributed by atoms with E-state index in [-0.39, 0.29) is 11.3 Å². The van der Waals surface area contributed by atoms with E-state index in [9.17, 15) is 19.7 Å². The molecule has 9 heteroatoms. The van der Waals surface area contributed by atoms with Gasteiger partial charge in [0.15, 0.2) is 0 Å². The van der Waals surface area contributed by atoms with Crippen molar-refractivity contribution in [1.29, 1.82) is 0 Å². The third-order valence-electron chi connectivity index (χ3n) is 5.30. The predicted octanol–water partition coefficient (Wildman–Crippen LogP) is 3.47. The molecule has 2 aromatic carbocycles. The lowest BCUT2D eigenvalue weighted by Gasteiger charge is -2.13. The summed E-state index contributed by atoms with van der Waals surface area (Å²) in [7, 11) is 1.44. The number of nitro groups is 1. The third-order valence-corrected chi connectivity index (χ3v) is 5.30. The summed E-state index contributed by atoms with van der Waals surface area (Å²) in [4.78, 5) is 36.6. The third kappa shape index (κ3) is 3.49. The van der Waals surface area contributed by atoms with Crippen molar-refractivity contribution in [2.45, 2.75) is 13.8 Å².